The smallest absolute Gasteiger partial charge is 0.303 e. The summed E-state index contributed by atoms with van der Waals surface area (Å²) in [4.78, 5) is 14.5. The van der Waals surface area contributed by atoms with Crippen LogP contribution in [0.2, 0.25) is 0 Å². The highest BCUT2D eigenvalue weighted by atomic mass is 32.1. The summed E-state index contributed by atoms with van der Waals surface area (Å²) >= 11 is 1.60. The van der Waals surface area contributed by atoms with E-state index in [1.165, 1.54) is 0 Å². The van der Waals surface area contributed by atoms with Crippen molar-refractivity contribution in [3.8, 4) is 0 Å². The van der Waals surface area contributed by atoms with Crippen molar-refractivity contribution in [3.63, 3.8) is 0 Å². The number of thiazole rings is 1. The van der Waals surface area contributed by atoms with Gasteiger partial charge in [-0.25, -0.2) is 4.98 Å². The summed E-state index contributed by atoms with van der Waals surface area (Å²) in [5.41, 5.74) is 1.04. The molecule has 0 bridgehead atoms. The number of hydrogen-bond donors (Lipinski definition) is 2. The standard InChI is InChI=1S/C10H16N2O2S/c1-8-7-15-10(12-8)11-6-4-2-3-5-9(13)14/h7H,2-6H2,1H3,(H,11,12)(H,13,14). The van der Waals surface area contributed by atoms with E-state index < -0.39 is 5.97 Å². The van der Waals surface area contributed by atoms with E-state index in [9.17, 15) is 4.79 Å². The molecule has 0 fully saturated rings. The maximum atomic E-state index is 10.2. The van der Waals surface area contributed by atoms with Crippen LogP contribution in [-0.2, 0) is 4.79 Å². The minimum absolute atomic E-state index is 0.274. The van der Waals surface area contributed by atoms with Crippen LogP contribution in [0.3, 0.4) is 0 Å². The number of carboxylic acids is 1. The molecule has 1 aromatic heterocycles. The molecule has 1 rings (SSSR count). The normalized spacial score (nSPS) is 10.2. The second-order valence-corrected chi connectivity index (χ2v) is 4.28. The Morgan fingerprint density at radius 2 is 2.33 bits per heavy atom. The molecule has 0 amide bonds. The molecule has 15 heavy (non-hydrogen) atoms. The number of anilines is 1. The highest BCUT2D eigenvalue weighted by Gasteiger charge is 1.98. The van der Waals surface area contributed by atoms with Gasteiger partial charge in [-0.3, -0.25) is 4.79 Å². The Morgan fingerprint density at radius 1 is 1.53 bits per heavy atom. The first-order chi connectivity index (χ1) is 7.18. The zero-order valence-corrected chi connectivity index (χ0v) is 9.64. The first-order valence-corrected chi connectivity index (χ1v) is 5.94. The lowest BCUT2D eigenvalue weighted by atomic mass is 10.2. The summed E-state index contributed by atoms with van der Waals surface area (Å²) in [5.74, 6) is -0.710. The molecule has 0 atom stereocenters. The predicted octanol–water partition coefficient (Wildman–Crippen LogP) is 2.51. The molecule has 0 radical (unpaired) electrons. The van der Waals surface area contributed by atoms with Crippen LogP contribution in [0, 0.1) is 6.92 Å². The average Bonchev–Trinajstić information content (AvgIpc) is 2.57. The van der Waals surface area contributed by atoms with E-state index in [0.29, 0.717) is 0 Å². The van der Waals surface area contributed by atoms with Crippen molar-refractivity contribution < 1.29 is 9.90 Å². The molecule has 0 unspecified atom stereocenters. The quantitative estimate of drug-likeness (QED) is 0.704. The molecule has 0 saturated heterocycles. The minimum atomic E-state index is -0.710. The van der Waals surface area contributed by atoms with E-state index in [1.54, 1.807) is 11.3 Å². The van der Waals surface area contributed by atoms with Gasteiger partial charge in [0.15, 0.2) is 5.13 Å². The molecule has 0 aliphatic heterocycles. The molecular formula is C10H16N2O2S. The largest absolute Gasteiger partial charge is 0.481 e. The van der Waals surface area contributed by atoms with Crippen molar-refractivity contribution in [1.29, 1.82) is 0 Å². The number of hydrogen-bond acceptors (Lipinski definition) is 4. The second kappa shape index (κ2) is 6.40. The maximum Gasteiger partial charge on any atom is 0.303 e. The zero-order chi connectivity index (χ0) is 11.1. The molecule has 0 spiro atoms. The molecule has 1 heterocycles. The van der Waals surface area contributed by atoms with Gasteiger partial charge in [0.25, 0.3) is 0 Å². The Balaban J connectivity index is 2.00. The van der Waals surface area contributed by atoms with Gasteiger partial charge in [0.2, 0.25) is 0 Å². The monoisotopic (exact) mass is 228 g/mol. The van der Waals surface area contributed by atoms with Gasteiger partial charge in [0.1, 0.15) is 0 Å². The molecule has 0 aliphatic carbocycles. The zero-order valence-electron chi connectivity index (χ0n) is 8.82. The first-order valence-electron chi connectivity index (χ1n) is 5.06. The number of rotatable bonds is 7. The van der Waals surface area contributed by atoms with Crippen LogP contribution < -0.4 is 5.32 Å². The highest BCUT2D eigenvalue weighted by Crippen LogP contribution is 2.14. The Morgan fingerprint density at radius 3 is 2.93 bits per heavy atom. The van der Waals surface area contributed by atoms with E-state index in [-0.39, 0.29) is 6.42 Å². The van der Waals surface area contributed by atoms with Crippen LogP contribution in [0.15, 0.2) is 5.38 Å². The van der Waals surface area contributed by atoms with Gasteiger partial charge in [-0.1, -0.05) is 6.42 Å². The summed E-state index contributed by atoms with van der Waals surface area (Å²) in [7, 11) is 0. The molecule has 84 valence electrons. The van der Waals surface area contributed by atoms with Crippen LogP contribution >= 0.6 is 11.3 Å². The van der Waals surface area contributed by atoms with Crippen molar-refractivity contribution in [2.45, 2.75) is 32.6 Å². The first kappa shape index (κ1) is 12.0. The van der Waals surface area contributed by atoms with Crippen molar-refractivity contribution in [1.82, 2.24) is 4.98 Å². The van der Waals surface area contributed by atoms with Gasteiger partial charge >= 0.3 is 5.97 Å². The number of nitrogens with one attached hydrogen (secondary N) is 1. The summed E-state index contributed by atoms with van der Waals surface area (Å²) < 4.78 is 0. The molecular weight excluding hydrogens is 212 g/mol. The molecule has 0 aliphatic rings. The van der Waals surface area contributed by atoms with Gasteiger partial charge < -0.3 is 10.4 Å². The van der Waals surface area contributed by atoms with E-state index in [1.807, 2.05) is 12.3 Å². The average molecular weight is 228 g/mol. The lowest BCUT2D eigenvalue weighted by Gasteiger charge is -2.01. The number of nitrogens with zero attached hydrogens (tertiary/aromatic N) is 1. The van der Waals surface area contributed by atoms with Crippen LogP contribution in [0.4, 0.5) is 5.13 Å². The third-order valence-corrected chi connectivity index (χ3v) is 2.88. The molecule has 2 N–H and O–H groups in total. The van der Waals surface area contributed by atoms with Gasteiger partial charge in [-0.15, -0.1) is 11.3 Å². The number of unbranched alkanes of at least 4 members (excludes halogenated alkanes) is 2. The number of carboxylic acid groups (broad SMARTS) is 1. The molecule has 0 aromatic carbocycles. The Labute approximate surface area is 93.4 Å². The predicted molar refractivity (Wildman–Crippen MR) is 61.4 cm³/mol. The van der Waals surface area contributed by atoms with Crippen LogP contribution in [0.1, 0.15) is 31.4 Å². The Bertz CT molecular complexity index is 312. The molecule has 1 aromatic rings. The SMILES string of the molecule is Cc1csc(NCCCCCC(=O)O)n1. The third kappa shape index (κ3) is 5.37. The number of aliphatic carboxylic acids is 1. The summed E-state index contributed by atoms with van der Waals surface area (Å²) in [5, 5.41) is 14.6. The van der Waals surface area contributed by atoms with Gasteiger partial charge in [0, 0.05) is 18.3 Å². The van der Waals surface area contributed by atoms with E-state index in [4.69, 9.17) is 5.11 Å². The summed E-state index contributed by atoms with van der Waals surface area (Å²) in [6.45, 7) is 2.83. The van der Waals surface area contributed by atoms with Crippen molar-refractivity contribution in [3.05, 3.63) is 11.1 Å². The van der Waals surface area contributed by atoms with Crippen molar-refractivity contribution >= 4 is 22.4 Å². The van der Waals surface area contributed by atoms with Crippen molar-refractivity contribution in [2.24, 2.45) is 0 Å². The minimum Gasteiger partial charge on any atom is -0.481 e. The second-order valence-electron chi connectivity index (χ2n) is 3.43. The van der Waals surface area contributed by atoms with Gasteiger partial charge in [-0.05, 0) is 19.8 Å². The van der Waals surface area contributed by atoms with Gasteiger partial charge in [0.05, 0.1) is 5.69 Å². The summed E-state index contributed by atoms with van der Waals surface area (Å²) in [6, 6.07) is 0. The topological polar surface area (TPSA) is 62.2 Å². The van der Waals surface area contributed by atoms with E-state index in [0.717, 1.165) is 36.6 Å². The molecule has 0 saturated carbocycles. The fourth-order valence-corrected chi connectivity index (χ4v) is 1.93. The number of aryl methyl sites for hydroxylation is 1. The molecule has 5 heteroatoms. The van der Waals surface area contributed by atoms with Crippen LogP contribution in [0.25, 0.3) is 0 Å². The fraction of sp³-hybridized carbons (Fsp3) is 0.600. The van der Waals surface area contributed by atoms with Crippen LogP contribution in [-0.4, -0.2) is 22.6 Å². The third-order valence-electron chi connectivity index (χ3n) is 1.96. The lowest BCUT2D eigenvalue weighted by molar-refractivity contribution is -0.137. The molecule has 4 nitrogen and oxygen atoms in total. The van der Waals surface area contributed by atoms with Crippen molar-refractivity contribution in [2.75, 3.05) is 11.9 Å². The lowest BCUT2D eigenvalue weighted by Crippen LogP contribution is -2.01. The Kier molecular flexibility index (Phi) is 5.10. The Hall–Kier alpha value is -1.10. The number of carbonyl (C=O) groups is 1. The van der Waals surface area contributed by atoms with Crippen LogP contribution in [0.5, 0.6) is 0 Å². The maximum absolute atomic E-state index is 10.2. The van der Waals surface area contributed by atoms with Gasteiger partial charge in [-0.2, -0.15) is 0 Å². The number of aromatic nitrogens is 1. The van der Waals surface area contributed by atoms with E-state index in [2.05, 4.69) is 10.3 Å². The summed E-state index contributed by atoms with van der Waals surface area (Å²) in [6.07, 6.45) is 2.97. The van der Waals surface area contributed by atoms with E-state index >= 15 is 0 Å². The fourth-order valence-electron chi connectivity index (χ4n) is 1.21. The highest BCUT2D eigenvalue weighted by molar-refractivity contribution is 7.13.